The monoisotopic (exact) mass is 366 g/mol. The second kappa shape index (κ2) is 8.03. The van der Waals surface area contributed by atoms with Crippen LogP contribution in [0.3, 0.4) is 0 Å². The molecule has 2 amide bonds. The van der Waals surface area contributed by atoms with Crippen molar-refractivity contribution in [1.29, 1.82) is 0 Å². The first-order valence-corrected chi connectivity index (χ1v) is 8.93. The van der Waals surface area contributed by atoms with E-state index in [4.69, 9.17) is 4.74 Å². The number of hydrogen-bond donors (Lipinski definition) is 1. The molecular formula is C21H22N2O4. The van der Waals surface area contributed by atoms with Crippen LogP contribution in [0.2, 0.25) is 0 Å². The fourth-order valence-corrected chi connectivity index (χ4v) is 3.08. The van der Waals surface area contributed by atoms with Crippen LogP contribution in [0.5, 0.6) is 0 Å². The van der Waals surface area contributed by atoms with Crippen molar-refractivity contribution in [3.8, 4) is 0 Å². The lowest BCUT2D eigenvalue weighted by atomic mass is 10.1. The summed E-state index contributed by atoms with van der Waals surface area (Å²) in [6, 6.07) is 14.2. The molecule has 0 saturated carbocycles. The smallest absolute Gasteiger partial charge is 0.338 e. The molecule has 3 rings (SSSR count). The molecule has 6 heteroatoms. The van der Waals surface area contributed by atoms with Gasteiger partial charge in [0.1, 0.15) is 0 Å². The van der Waals surface area contributed by atoms with Crippen molar-refractivity contribution in [2.24, 2.45) is 5.92 Å². The van der Waals surface area contributed by atoms with Crippen LogP contribution in [0.25, 0.3) is 0 Å². The second-order valence-electron chi connectivity index (χ2n) is 6.53. The molecule has 2 aromatic rings. The first kappa shape index (κ1) is 18.6. The van der Waals surface area contributed by atoms with Gasteiger partial charge in [-0.1, -0.05) is 12.1 Å². The van der Waals surface area contributed by atoms with E-state index < -0.39 is 11.9 Å². The highest BCUT2D eigenvalue weighted by atomic mass is 16.5. The van der Waals surface area contributed by atoms with Crippen LogP contribution in [0, 0.1) is 12.8 Å². The fraction of sp³-hybridized carbons (Fsp3) is 0.286. The van der Waals surface area contributed by atoms with Crippen molar-refractivity contribution in [2.75, 3.05) is 23.4 Å². The summed E-state index contributed by atoms with van der Waals surface area (Å²) in [5.41, 5.74) is 2.88. The zero-order valence-corrected chi connectivity index (χ0v) is 15.4. The SMILES string of the molecule is CCOC(=O)c1ccc(NC(=O)[C@H]2CC(=O)N(c3cccc(C)c3)C2)cc1. The average molecular weight is 366 g/mol. The van der Waals surface area contributed by atoms with Crippen molar-refractivity contribution in [3.63, 3.8) is 0 Å². The lowest BCUT2D eigenvalue weighted by molar-refractivity contribution is -0.122. The van der Waals surface area contributed by atoms with Crippen LogP contribution in [0.1, 0.15) is 29.3 Å². The van der Waals surface area contributed by atoms with E-state index in [2.05, 4.69) is 5.32 Å². The maximum absolute atomic E-state index is 12.5. The summed E-state index contributed by atoms with van der Waals surface area (Å²) in [7, 11) is 0. The maximum atomic E-state index is 12.5. The molecule has 2 aromatic carbocycles. The molecular weight excluding hydrogens is 344 g/mol. The Morgan fingerprint density at radius 1 is 1.19 bits per heavy atom. The maximum Gasteiger partial charge on any atom is 0.338 e. The van der Waals surface area contributed by atoms with Gasteiger partial charge in [-0.25, -0.2) is 4.79 Å². The van der Waals surface area contributed by atoms with E-state index in [0.717, 1.165) is 11.3 Å². The summed E-state index contributed by atoms with van der Waals surface area (Å²) in [6.07, 6.45) is 0.181. The predicted octanol–water partition coefficient (Wildman–Crippen LogP) is 3.16. The average Bonchev–Trinajstić information content (AvgIpc) is 3.04. The summed E-state index contributed by atoms with van der Waals surface area (Å²) in [5.74, 6) is -1.07. The topological polar surface area (TPSA) is 75.7 Å². The standard InChI is InChI=1S/C21H22N2O4/c1-3-27-21(26)15-7-9-17(10-8-15)22-20(25)16-12-19(24)23(13-16)18-6-4-5-14(2)11-18/h4-11,16H,3,12-13H2,1-2H3,(H,22,25)/t16-/m0/s1. The number of rotatable bonds is 5. The molecule has 0 aromatic heterocycles. The molecule has 0 bridgehead atoms. The number of aryl methyl sites for hydroxylation is 1. The Morgan fingerprint density at radius 2 is 1.93 bits per heavy atom. The van der Waals surface area contributed by atoms with E-state index >= 15 is 0 Å². The summed E-state index contributed by atoms with van der Waals surface area (Å²) in [4.78, 5) is 38.2. The van der Waals surface area contributed by atoms with E-state index in [1.54, 1.807) is 36.1 Å². The lowest BCUT2D eigenvalue weighted by Crippen LogP contribution is -2.28. The van der Waals surface area contributed by atoms with Crippen LogP contribution in [0.15, 0.2) is 48.5 Å². The van der Waals surface area contributed by atoms with Crippen molar-refractivity contribution in [3.05, 3.63) is 59.7 Å². The first-order chi connectivity index (χ1) is 13.0. The predicted molar refractivity (Wildman–Crippen MR) is 103 cm³/mol. The van der Waals surface area contributed by atoms with Crippen molar-refractivity contribution in [2.45, 2.75) is 20.3 Å². The summed E-state index contributed by atoms with van der Waals surface area (Å²) >= 11 is 0. The number of ether oxygens (including phenoxy) is 1. The van der Waals surface area contributed by atoms with Gasteiger partial charge in [-0.05, 0) is 55.8 Å². The van der Waals surface area contributed by atoms with E-state index in [-0.39, 0.29) is 18.2 Å². The second-order valence-corrected chi connectivity index (χ2v) is 6.53. The number of carbonyl (C=O) groups excluding carboxylic acids is 3. The Bertz CT molecular complexity index is 861. The molecule has 1 heterocycles. The molecule has 27 heavy (non-hydrogen) atoms. The molecule has 0 aliphatic carbocycles. The van der Waals surface area contributed by atoms with Crippen molar-refractivity contribution in [1.82, 2.24) is 0 Å². The Hall–Kier alpha value is -3.15. The zero-order chi connectivity index (χ0) is 19.4. The minimum Gasteiger partial charge on any atom is -0.462 e. The number of nitrogens with zero attached hydrogens (tertiary/aromatic N) is 1. The number of esters is 1. The quantitative estimate of drug-likeness (QED) is 0.825. The third-order valence-corrected chi connectivity index (χ3v) is 4.47. The summed E-state index contributed by atoms with van der Waals surface area (Å²) in [5, 5.41) is 2.82. The number of amides is 2. The molecule has 0 radical (unpaired) electrons. The van der Waals surface area contributed by atoms with Gasteiger partial charge in [0.2, 0.25) is 11.8 Å². The van der Waals surface area contributed by atoms with Gasteiger partial charge in [0, 0.05) is 24.3 Å². The molecule has 140 valence electrons. The molecule has 1 N–H and O–H groups in total. The molecule has 1 aliphatic heterocycles. The zero-order valence-electron chi connectivity index (χ0n) is 15.4. The normalized spacial score (nSPS) is 16.3. The van der Waals surface area contributed by atoms with E-state index in [1.165, 1.54) is 0 Å². The van der Waals surface area contributed by atoms with Gasteiger partial charge in [-0.2, -0.15) is 0 Å². The Kier molecular flexibility index (Phi) is 5.54. The molecule has 6 nitrogen and oxygen atoms in total. The van der Waals surface area contributed by atoms with Gasteiger partial charge < -0.3 is 15.0 Å². The molecule has 0 spiro atoms. The molecule has 1 fully saturated rings. The van der Waals surface area contributed by atoms with Gasteiger partial charge in [0.05, 0.1) is 18.1 Å². The number of benzene rings is 2. The van der Waals surface area contributed by atoms with Crippen LogP contribution in [0.4, 0.5) is 11.4 Å². The van der Waals surface area contributed by atoms with E-state index in [9.17, 15) is 14.4 Å². The van der Waals surface area contributed by atoms with Crippen LogP contribution >= 0.6 is 0 Å². The molecule has 1 atom stereocenters. The largest absolute Gasteiger partial charge is 0.462 e. The number of hydrogen-bond acceptors (Lipinski definition) is 4. The van der Waals surface area contributed by atoms with Gasteiger partial charge in [-0.3, -0.25) is 9.59 Å². The van der Waals surface area contributed by atoms with Crippen LogP contribution in [-0.2, 0) is 14.3 Å². The third kappa shape index (κ3) is 4.34. The van der Waals surface area contributed by atoms with Crippen LogP contribution < -0.4 is 10.2 Å². The highest BCUT2D eigenvalue weighted by Crippen LogP contribution is 2.26. The van der Waals surface area contributed by atoms with Crippen LogP contribution in [-0.4, -0.2) is 30.9 Å². The summed E-state index contributed by atoms with van der Waals surface area (Å²) in [6.45, 7) is 4.38. The van der Waals surface area contributed by atoms with Crippen molar-refractivity contribution < 1.29 is 19.1 Å². The Morgan fingerprint density at radius 3 is 2.59 bits per heavy atom. The minimum atomic E-state index is -0.414. The number of nitrogens with one attached hydrogen (secondary N) is 1. The molecule has 0 unspecified atom stereocenters. The highest BCUT2D eigenvalue weighted by molar-refractivity contribution is 6.03. The first-order valence-electron chi connectivity index (χ1n) is 8.93. The Labute approximate surface area is 158 Å². The fourth-order valence-electron chi connectivity index (χ4n) is 3.08. The highest BCUT2D eigenvalue weighted by Gasteiger charge is 2.35. The van der Waals surface area contributed by atoms with Gasteiger partial charge in [-0.15, -0.1) is 0 Å². The molecule has 1 aliphatic rings. The Balaban J connectivity index is 1.63. The third-order valence-electron chi connectivity index (χ3n) is 4.47. The molecule has 1 saturated heterocycles. The summed E-state index contributed by atoms with van der Waals surface area (Å²) < 4.78 is 4.93. The number of carbonyl (C=O) groups is 3. The van der Waals surface area contributed by atoms with Crippen molar-refractivity contribution >= 4 is 29.2 Å². The van der Waals surface area contributed by atoms with Gasteiger partial charge in [0.25, 0.3) is 0 Å². The van der Waals surface area contributed by atoms with Gasteiger partial charge in [0.15, 0.2) is 0 Å². The van der Waals surface area contributed by atoms with E-state index in [0.29, 0.717) is 24.4 Å². The van der Waals surface area contributed by atoms with E-state index in [1.807, 2.05) is 31.2 Å². The minimum absolute atomic E-state index is 0.0570. The number of anilines is 2. The lowest BCUT2D eigenvalue weighted by Gasteiger charge is -2.17. The van der Waals surface area contributed by atoms with Gasteiger partial charge >= 0.3 is 5.97 Å².